The molecule has 0 unspecified atom stereocenters. The molecule has 0 spiro atoms. The molecular formula is C36H40F2N6O6. The minimum atomic E-state index is -1.28. The molecule has 0 amide bonds. The van der Waals surface area contributed by atoms with E-state index in [1.165, 1.54) is 54.4 Å². The van der Waals surface area contributed by atoms with Gasteiger partial charge in [-0.3, -0.25) is 14.2 Å². The molecule has 264 valence electrons. The molecule has 0 radical (unpaired) electrons. The van der Waals surface area contributed by atoms with Gasteiger partial charge in [-0.25, -0.2) is 23.7 Å². The average Bonchev–Trinajstić information content (AvgIpc) is 3.51. The summed E-state index contributed by atoms with van der Waals surface area (Å²) in [5.41, 5.74) is 1.57. The number of ether oxygens (including phenoxy) is 1. The molecule has 14 heteroatoms. The number of carbonyl (C=O) groups is 1. The van der Waals surface area contributed by atoms with Gasteiger partial charge in [0.05, 0.1) is 50.0 Å². The van der Waals surface area contributed by atoms with Crippen LogP contribution in [-0.4, -0.2) is 72.2 Å². The molecule has 12 nitrogen and oxygen atoms in total. The smallest absolute Gasteiger partial charge is 0.305 e. The van der Waals surface area contributed by atoms with Crippen LogP contribution in [0.4, 0.5) is 20.5 Å². The van der Waals surface area contributed by atoms with Crippen LogP contribution in [-0.2, 0) is 4.79 Å². The highest BCUT2D eigenvalue weighted by atomic mass is 19.1. The van der Waals surface area contributed by atoms with Crippen LogP contribution in [0, 0.1) is 11.6 Å². The summed E-state index contributed by atoms with van der Waals surface area (Å²) in [6.07, 6.45) is 7.99. The fourth-order valence-corrected chi connectivity index (χ4v) is 6.07. The number of rotatable bonds is 14. The van der Waals surface area contributed by atoms with Crippen LogP contribution in [0.1, 0.15) is 63.0 Å². The molecule has 5 N–H and O–H groups in total. The number of hydrogen-bond donors (Lipinski definition) is 5. The van der Waals surface area contributed by atoms with Gasteiger partial charge in [-0.2, -0.15) is 0 Å². The summed E-state index contributed by atoms with van der Waals surface area (Å²) in [5, 5.41) is 35.9. The number of hydrogen-bond acceptors (Lipinski definition) is 10. The Morgan fingerprint density at radius 3 is 2.36 bits per heavy atom. The van der Waals surface area contributed by atoms with Gasteiger partial charge in [0.15, 0.2) is 17.4 Å². The topological polar surface area (TPSA) is 172 Å². The first kappa shape index (κ1) is 36.1. The van der Waals surface area contributed by atoms with Gasteiger partial charge in [-0.1, -0.05) is 38.1 Å². The Bertz CT molecular complexity index is 1880. The molecule has 5 rings (SSSR count). The average molecular weight is 691 g/mol. The summed E-state index contributed by atoms with van der Waals surface area (Å²) < 4.78 is 35.9. The lowest BCUT2D eigenvalue weighted by Crippen LogP contribution is -2.26. The number of pyridine rings is 2. The summed E-state index contributed by atoms with van der Waals surface area (Å²) in [6, 6.07) is 6.89. The van der Waals surface area contributed by atoms with Crippen molar-refractivity contribution in [3.05, 3.63) is 94.3 Å². The molecule has 4 atom stereocenters. The number of nitrogens with one attached hydrogen (secondary N) is 2. The maximum absolute atomic E-state index is 15.6. The molecule has 3 aromatic heterocycles. The van der Waals surface area contributed by atoms with Crippen LogP contribution in [0.5, 0.6) is 5.75 Å². The second-order valence-corrected chi connectivity index (χ2v) is 12.6. The van der Waals surface area contributed by atoms with Crippen LogP contribution < -0.4 is 20.9 Å². The van der Waals surface area contributed by atoms with Crippen molar-refractivity contribution in [3.63, 3.8) is 0 Å². The van der Waals surface area contributed by atoms with Gasteiger partial charge in [0.25, 0.3) is 5.56 Å². The Hall–Kier alpha value is -5.21. The lowest BCUT2D eigenvalue weighted by molar-refractivity contribution is -0.139. The number of nitrogens with zero attached hydrogens (tertiary/aromatic N) is 4. The minimum absolute atomic E-state index is 0.0506. The first-order chi connectivity index (χ1) is 23.9. The molecule has 4 aromatic rings. The molecule has 0 bridgehead atoms. The van der Waals surface area contributed by atoms with Crippen molar-refractivity contribution < 1.29 is 33.6 Å². The second kappa shape index (κ2) is 16.0. The third-order valence-electron chi connectivity index (χ3n) is 8.50. The summed E-state index contributed by atoms with van der Waals surface area (Å²) >= 11 is 0. The molecule has 0 aliphatic heterocycles. The van der Waals surface area contributed by atoms with Gasteiger partial charge >= 0.3 is 5.97 Å². The maximum Gasteiger partial charge on any atom is 0.305 e. The molecule has 1 saturated carbocycles. The van der Waals surface area contributed by atoms with E-state index in [0.29, 0.717) is 40.4 Å². The Balaban J connectivity index is 1.42. The van der Waals surface area contributed by atoms with E-state index in [2.05, 4.69) is 25.6 Å². The van der Waals surface area contributed by atoms with E-state index >= 15 is 4.39 Å². The number of halogens is 2. The van der Waals surface area contributed by atoms with E-state index in [0.717, 1.165) is 12.8 Å². The number of carboxylic acids is 1. The van der Waals surface area contributed by atoms with Gasteiger partial charge in [0.2, 0.25) is 5.95 Å². The van der Waals surface area contributed by atoms with E-state index in [9.17, 15) is 24.2 Å². The molecule has 1 aromatic carbocycles. The lowest BCUT2D eigenvalue weighted by atomic mass is 9.91. The number of aliphatic hydroxyl groups excluding tert-OH is 2. The van der Waals surface area contributed by atoms with Crippen molar-refractivity contribution in [3.8, 4) is 22.6 Å². The fraction of sp³-hybridized carbons (Fsp3) is 0.361. The quantitative estimate of drug-likeness (QED) is 0.119. The molecule has 1 aliphatic rings. The first-order valence-corrected chi connectivity index (χ1v) is 16.3. The van der Waals surface area contributed by atoms with E-state index in [-0.39, 0.29) is 35.9 Å². The largest absolute Gasteiger partial charge is 0.494 e. The highest BCUT2D eigenvalue weighted by Gasteiger charge is 2.27. The summed E-state index contributed by atoms with van der Waals surface area (Å²) in [6.45, 7) is 3.63. The number of carboxylic acid groups (broad SMARTS) is 1. The van der Waals surface area contributed by atoms with Gasteiger partial charge < -0.3 is 30.7 Å². The van der Waals surface area contributed by atoms with E-state index in [4.69, 9.17) is 9.84 Å². The lowest BCUT2D eigenvalue weighted by Gasteiger charge is -2.20. The van der Waals surface area contributed by atoms with Gasteiger partial charge in [0.1, 0.15) is 5.82 Å². The second-order valence-electron chi connectivity index (χ2n) is 12.6. The zero-order valence-corrected chi connectivity index (χ0v) is 27.9. The summed E-state index contributed by atoms with van der Waals surface area (Å²) in [4.78, 5) is 37.8. The third-order valence-corrected chi connectivity index (χ3v) is 8.50. The monoisotopic (exact) mass is 690 g/mol. The fourth-order valence-electron chi connectivity index (χ4n) is 6.07. The highest BCUT2D eigenvalue weighted by Crippen LogP contribution is 2.32. The first-order valence-electron chi connectivity index (χ1n) is 16.3. The Kier molecular flexibility index (Phi) is 11.5. The van der Waals surface area contributed by atoms with Gasteiger partial charge in [0, 0.05) is 41.9 Å². The minimum Gasteiger partial charge on any atom is -0.494 e. The summed E-state index contributed by atoms with van der Waals surface area (Å²) in [5.74, 6) is -1.57. The van der Waals surface area contributed by atoms with Crippen molar-refractivity contribution in [1.29, 1.82) is 0 Å². The molecule has 1 aliphatic carbocycles. The Morgan fingerprint density at radius 1 is 1.06 bits per heavy atom. The number of methoxy groups -OCH3 is 1. The van der Waals surface area contributed by atoms with Crippen LogP contribution in [0.15, 0.2) is 66.0 Å². The Labute approximate surface area is 287 Å². The van der Waals surface area contributed by atoms with Crippen molar-refractivity contribution in [2.45, 2.75) is 76.2 Å². The predicted octanol–water partition coefficient (Wildman–Crippen LogP) is 5.14. The zero-order valence-electron chi connectivity index (χ0n) is 27.9. The van der Waals surface area contributed by atoms with Crippen LogP contribution in [0.3, 0.4) is 0 Å². The molecule has 0 saturated heterocycles. The summed E-state index contributed by atoms with van der Waals surface area (Å²) in [7, 11) is 1.54. The maximum atomic E-state index is 15.6. The molecule has 3 heterocycles. The van der Waals surface area contributed by atoms with Crippen molar-refractivity contribution >= 4 is 23.8 Å². The number of anilines is 2. The molecule has 1 fully saturated rings. The van der Waals surface area contributed by atoms with Gasteiger partial charge in [-0.15, -0.1) is 0 Å². The predicted molar refractivity (Wildman–Crippen MR) is 184 cm³/mol. The highest BCUT2D eigenvalue weighted by molar-refractivity contribution is 5.77. The van der Waals surface area contributed by atoms with Crippen LogP contribution >= 0.6 is 0 Å². The standard InChI is InChI=1S/C36H40F2N6O6/c1-20(2)33-29(11-10-26(45)14-27(46)15-32(47)48)30(21-4-6-22(37)7-5-21)19-44(35(33)49)25-13-31(38)34(39-16-25)42-23-8-9-24(12-23)43-36-40-17-28(50-3)18-41-36/h4-7,10-11,13,16-20,23-24,26-27,45-46H,8-9,12,14-15H2,1-3H3,(H,39,42)(H,47,48)(H,40,41,43)/b11-10+/t23-,24-,26+,27+/m0/s1. The SMILES string of the molecule is COc1cnc(N[C@H]2CC[C@H](Nc3ncc(-n4cc(-c5ccc(F)cc5)c(/C=C/[C@@H](O)C[C@@H](O)CC(=O)O)c(C(C)C)c4=O)cc3F)C2)nc1. The number of aliphatic hydroxyl groups is 2. The molecule has 50 heavy (non-hydrogen) atoms. The van der Waals surface area contributed by atoms with Crippen LogP contribution in [0.2, 0.25) is 0 Å². The zero-order chi connectivity index (χ0) is 35.9. The van der Waals surface area contributed by atoms with Crippen molar-refractivity contribution in [2.24, 2.45) is 0 Å². The van der Waals surface area contributed by atoms with E-state index in [1.54, 1.807) is 24.5 Å². The van der Waals surface area contributed by atoms with E-state index < -0.39 is 41.8 Å². The Morgan fingerprint density at radius 2 is 1.74 bits per heavy atom. The van der Waals surface area contributed by atoms with Crippen LogP contribution in [0.25, 0.3) is 22.9 Å². The van der Waals surface area contributed by atoms with E-state index in [1.807, 2.05) is 13.8 Å². The van der Waals surface area contributed by atoms with Gasteiger partial charge in [-0.05, 0) is 48.4 Å². The van der Waals surface area contributed by atoms with Crippen molar-refractivity contribution in [2.75, 3.05) is 17.7 Å². The molecular weight excluding hydrogens is 650 g/mol. The number of aliphatic carboxylic acids is 1. The normalized spacial score (nSPS) is 17.2. The number of benzene rings is 1. The number of aromatic nitrogens is 4. The van der Waals surface area contributed by atoms with Crippen molar-refractivity contribution in [1.82, 2.24) is 19.5 Å². The third kappa shape index (κ3) is 8.87.